The molecule has 2 aliphatic rings. The fourth-order valence-corrected chi connectivity index (χ4v) is 4.77. The Morgan fingerprint density at radius 3 is 2.33 bits per heavy atom. The Hall–Kier alpha value is -0.0800. The molecule has 0 spiro atoms. The quantitative estimate of drug-likeness (QED) is 0.779. The third kappa shape index (κ3) is 4.69. The van der Waals surface area contributed by atoms with Crippen molar-refractivity contribution in [1.82, 2.24) is 10.2 Å². The van der Waals surface area contributed by atoms with Crippen LogP contribution in [0, 0.1) is 11.8 Å². The summed E-state index contributed by atoms with van der Waals surface area (Å²) in [6.07, 6.45) is 12.8. The zero-order valence-electron chi connectivity index (χ0n) is 14.9. The van der Waals surface area contributed by atoms with E-state index >= 15 is 0 Å². The van der Waals surface area contributed by atoms with Gasteiger partial charge < -0.3 is 5.32 Å². The molecule has 0 aromatic rings. The van der Waals surface area contributed by atoms with Gasteiger partial charge in [0.2, 0.25) is 0 Å². The van der Waals surface area contributed by atoms with Crippen molar-refractivity contribution in [2.75, 3.05) is 13.6 Å². The number of likely N-dealkylation sites (N-methyl/N-ethyl adjacent to an activating group) is 2. The SMILES string of the molecule is CCCC1CCC(NCC)C(N(C)C2CCC(C)CC2)C1. The summed E-state index contributed by atoms with van der Waals surface area (Å²) in [5.74, 6) is 1.93. The molecular formula is C19H38N2. The number of rotatable bonds is 6. The minimum Gasteiger partial charge on any atom is -0.313 e. The van der Waals surface area contributed by atoms with Crippen LogP contribution in [-0.2, 0) is 0 Å². The smallest absolute Gasteiger partial charge is 0.0251 e. The van der Waals surface area contributed by atoms with Gasteiger partial charge in [0.15, 0.2) is 0 Å². The van der Waals surface area contributed by atoms with E-state index in [1.165, 1.54) is 57.8 Å². The van der Waals surface area contributed by atoms with Crippen LogP contribution in [0.2, 0.25) is 0 Å². The van der Waals surface area contributed by atoms with Crippen molar-refractivity contribution < 1.29 is 0 Å². The van der Waals surface area contributed by atoms with Crippen LogP contribution in [0.5, 0.6) is 0 Å². The fourth-order valence-electron chi connectivity index (χ4n) is 4.77. The van der Waals surface area contributed by atoms with E-state index in [2.05, 4.69) is 38.0 Å². The molecule has 2 nitrogen and oxygen atoms in total. The summed E-state index contributed by atoms with van der Waals surface area (Å²) < 4.78 is 0. The summed E-state index contributed by atoms with van der Waals surface area (Å²) in [5.41, 5.74) is 0. The number of hydrogen-bond donors (Lipinski definition) is 1. The molecule has 0 aliphatic heterocycles. The molecule has 0 saturated heterocycles. The number of hydrogen-bond acceptors (Lipinski definition) is 2. The maximum absolute atomic E-state index is 3.78. The molecule has 0 bridgehead atoms. The molecule has 2 heteroatoms. The van der Waals surface area contributed by atoms with Crippen LogP contribution in [0.1, 0.15) is 78.6 Å². The lowest BCUT2D eigenvalue weighted by atomic mass is 9.78. The monoisotopic (exact) mass is 294 g/mol. The summed E-state index contributed by atoms with van der Waals surface area (Å²) in [7, 11) is 2.42. The molecule has 2 fully saturated rings. The largest absolute Gasteiger partial charge is 0.313 e. The van der Waals surface area contributed by atoms with E-state index in [9.17, 15) is 0 Å². The minimum atomic E-state index is 0.729. The molecule has 1 N–H and O–H groups in total. The zero-order chi connectivity index (χ0) is 15.2. The second-order valence-corrected chi connectivity index (χ2v) is 7.78. The van der Waals surface area contributed by atoms with Gasteiger partial charge >= 0.3 is 0 Å². The molecule has 2 aliphatic carbocycles. The van der Waals surface area contributed by atoms with E-state index in [0.29, 0.717) is 0 Å². The van der Waals surface area contributed by atoms with Gasteiger partial charge in [-0.1, -0.05) is 33.6 Å². The van der Waals surface area contributed by atoms with Crippen LogP contribution in [0.15, 0.2) is 0 Å². The summed E-state index contributed by atoms with van der Waals surface area (Å²) in [6, 6.07) is 2.34. The Morgan fingerprint density at radius 1 is 1.00 bits per heavy atom. The van der Waals surface area contributed by atoms with Gasteiger partial charge in [-0.15, -0.1) is 0 Å². The highest BCUT2D eigenvalue weighted by Crippen LogP contribution is 2.34. The van der Waals surface area contributed by atoms with E-state index in [1.54, 1.807) is 0 Å². The third-order valence-corrected chi connectivity index (χ3v) is 6.17. The van der Waals surface area contributed by atoms with Crippen molar-refractivity contribution in [2.45, 2.75) is 96.7 Å². The average molecular weight is 295 g/mol. The van der Waals surface area contributed by atoms with Crippen LogP contribution >= 0.6 is 0 Å². The van der Waals surface area contributed by atoms with Crippen LogP contribution in [0.3, 0.4) is 0 Å². The minimum absolute atomic E-state index is 0.729. The summed E-state index contributed by atoms with van der Waals surface area (Å²) in [4.78, 5) is 2.78. The Bertz CT molecular complexity index is 283. The lowest BCUT2D eigenvalue weighted by molar-refractivity contribution is 0.0597. The van der Waals surface area contributed by atoms with E-state index in [1.807, 2.05) is 0 Å². The van der Waals surface area contributed by atoms with Gasteiger partial charge in [-0.3, -0.25) is 4.90 Å². The first-order valence-electron chi connectivity index (χ1n) is 9.60. The lowest BCUT2D eigenvalue weighted by Crippen LogP contribution is -2.55. The normalized spacial score (nSPS) is 37.9. The molecule has 2 rings (SSSR count). The van der Waals surface area contributed by atoms with Gasteiger partial charge in [-0.2, -0.15) is 0 Å². The first-order valence-corrected chi connectivity index (χ1v) is 9.60. The summed E-state index contributed by atoms with van der Waals surface area (Å²) in [6.45, 7) is 8.15. The highest BCUT2D eigenvalue weighted by molar-refractivity contribution is 4.93. The molecule has 124 valence electrons. The van der Waals surface area contributed by atoms with Crippen LogP contribution < -0.4 is 5.32 Å². The van der Waals surface area contributed by atoms with E-state index < -0.39 is 0 Å². The van der Waals surface area contributed by atoms with Gasteiger partial charge in [0.05, 0.1) is 0 Å². The van der Waals surface area contributed by atoms with E-state index in [4.69, 9.17) is 0 Å². The molecule has 0 aromatic carbocycles. The van der Waals surface area contributed by atoms with E-state index in [-0.39, 0.29) is 0 Å². The van der Waals surface area contributed by atoms with Crippen molar-refractivity contribution in [2.24, 2.45) is 11.8 Å². The van der Waals surface area contributed by atoms with Gasteiger partial charge in [0, 0.05) is 18.1 Å². The maximum atomic E-state index is 3.78. The third-order valence-electron chi connectivity index (χ3n) is 6.17. The molecule has 3 atom stereocenters. The van der Waals surface area contributed by atoms with Crippen molar-refractivity contribution in [3.8, 4) is 0 Å². The maximum Gasteiger partial charge on any atom is 0.0251 e. The molecule has 3 unspecified atom stereocenters. The molecule has 2 saturated carbocycles. The second kappa shape index (κ2) is 8.53. The second-order valence-electron chi connectivity index (χ2n) is 7.78. The Balaban J connectivity index is 1.96. The standard InChI is InChI=1S/C19H38N2/c1-5-7-16-10-13-18(20-6-2)19(14-16)21(4)17-11-8-15(3)9-12-17/h15-20H,5-14H2,1-4H3. The van der Waals surface area contributed by atoms with Gasteiger partial charge in [-0.05, 0) is 70.4 Å². The highest BCUT2D eigenvalue weighted by Gasteiger charge is 2.35. The van der Waals surface area contributed by atoms with Crippen LogP contribution in [-0.4, -0.2) is 36.6 Å². The van der Waals surface area contributed by atoms with Crippen molar-refractivity contribution in [3.05, 3.63) is 0 Å². The van der Waals surface area contributed by atoms with Crippen LogP contribution in [0.4, 0.5) is 0 Å². The molecule has 0 amide bonds. The Labute approximate surface area is 133 Å². The fraction of sp³-hybridized carbons (Fsp3) is 1.00. The zero-order valence-corrected chi connectivity index (χ0v) is 14.9. The lowest BCUT2D eigenvalue weighted by Gasteiger charge is -2.46. The number of nitrogens with zero attached hydrogens (tertiary/aromatic N) is 1. The highest BCUT2D eigenvalue weighted by atomic mass is 15.2. The van der Waals surface area contributed by atoms with Crippen molar-refractivity contribution >= 4 is 0 Å². The molecule has 0 heterocycles. The Morgan fingerprint density at radius 2 is 1.71 bits per heavy atom. The Kier molecular flexibility index (Phi) is 7.01. The predicted molar refractivity (Wildman–Crippen MR) is 92.7 cm³/mol. The molecule has 0 aromatic heterocycles. The molecule has 0 radical (unpaired) electrons. The molecular weight excluding hydrogens is 256 g/mol. The number of nitrogens with one attached hydrogen (secondary N) is 1. The topological polar surface area (TPSA) is 15.3 Å². The summed E-state index contributed by atoms with van der Waals surface area (Å²) >= 11 is 0. The van der Waals surface area contributed by atoms with Gasteiger partial charge in [0.1, 0.15) is 0 Å². The first-order chi connectivity index (χ1) is 10.2. The first kappa shape index (κ1) is 17.3. The van der Waals surface area contributed by atoms with Crippen LogP contribution in [0.25, 0.3) is 0 Å². The summed E-state index contributed by atoms with van der Waals surface area (Å²) in [5, 5.41) is 3.78. The average Bonchev–Trinajstić information content (AvgIpc) is 2.49. The van der Waals surface area contributed by atoms with Gasteiger partial charge in [0.25, 0.3) is 0 Å². The molecule has 21 heavy (non-hydrogen) atoms. The predicted octanol–water partition coefficient (Wildman–Crippen LogP) is 4.44. The van der Waals surface area contributed by atoms with Crippen molar-refractivity contribution in [1.29, 1.82) is 0 Å². The van der Waals surface area contributed by atoms with E-state index in [0.717, 1.165) is 36.5 Å². The van der Waals surface area contributed by atoms with Gasteiger partial charge in [-0.25, -0.2) is 0 Å². The van der Waals surface area contributed by atoms with Crippen molar-refractivity contribution in [3.63, 3.8) is 0 Å².